The first kappa shape index (κ1) is 10.4. The van der Waals surface area contributed by atoms with Crippen LogP contribution in [-0.2, 0) is 9.53 Å². The highest BCUT2D eigenvalue weighted by molar-refractivity contribution is 6.01. The summed E-state index contributed by atoms with van der Waals surface area (Å²) in [6.07, 6.45) is 4.52. The second kappa shape index (κ2) is 4.61. The molecule has 1 unspecified atom stereocenters. The molecular weight excluding hydrogens is 196 g/mol. The Hall–Kier alpha value is -1.10. The minimum atomic E-state index is -0.268. The molecule has 0 spiro atoms. The quantitative estimate of drug-likeness (QED) is 0.693. The van der Waals surface area contributed by atoms with E-state index in [1.807, 2.05) is 0 Å². The van der Waals surface area contributed by atoms with Crippen molar-refractivity contribution in [2.45, 2.75) is 31.8 Å². The molecule has 84 valence electrons. The zero-order valence-electron chi connectivity index (χ0n) is 8.70. The molecule has 15 heavy (non-hydrogen) atoms. The second-order valence-corrected chi connectivity index (χ2v) is 4.05. The fraction of sp³-hybridized carbons (Fsp3) is 0.800. The van der Waals surface area contributed by atoms with Crippen LogP contribution < -0.4 is 5.32 Å². The van der Waals surface area contributed by atoms with E-state index in [1.165, 1.54) is 6.42 Å². The summed E-state index contributed by atoms with van der Waals surface area (Å²) >= 11 is 0. The summed E-state index contributed by atoms with van der Waals surface area (Å²) in [6, 6.07) is -0.268. The third-order valence-corrected chi connectivity index (χ3v) is 2.86. The number of urea groups is 1. The monoisotopic (exact) mass is 212 g/mol. The second-order valence-electron chi connectivity index (χ2n) is 4.05. The first-order valence-corrected chi connectivity index (χ1v) is 5.46. The zero-order chi connectivity index (χ0) is 10.7. The lowest BCUT2D eigenvalue weighted by Crippen LogP contribution is -2.32. The number of carbonyl (C=O) groups is 2. The standard InChI is InChI=1S/C10H16N2O3/c13-9-7-12(10(14)11-9)5-4-8-3-1-2-6-15-8/h8H,1-7H2,(H,11,13,14). The molecule has 1 N–H and O–H groups in total. The van der Waals surface area contributed by atoms with Crippen molar-refractivity contribution in [3.8, 4) is 0 Å². The van der Waals surface area contributed by atoms with Crippen LogP contribution in [0.2, 0.25) is 0 Å². The van der Waals surface area contributed by atoms with Crippen molar-refractivity contribution in [1.82, 2.24) is 10.2 Å². The van der Waals surface area contributed by atoms with E-state index in [4.69, 9.17) is 4.74 Å². The molecule has 2 aliphatic heterocycles. The Labute approximate surface area is 88.8 Å². The maximum Gasteiger partial charge on any atom is 0.324 e. The zero-order valence-corrected chi connectivity index (χ0v) is 8.70. The van der Waals surface area contributed by atoms with E-state index in [0.717, 1.165) is 25.9 Å². The summed E-state index contributed by atoms with van der Waals surface area (Å²) < 4.78 is 5.56. The lowest BCUT2D eigenvalue weighted by molar-refractivity contribution is -0.118. The van der Waals surface area contributed by atoms with Gasteiger partial charge in [0, 0.05) is 13.2 Å². The predicted molar refractivity (Wildman–Crippen MR) is 53.3 cm³/mol. The molecule has 0 saturated carbocycles. The number of rotatable bonds is 3. The fourth-order valence-corrected chi connectivity index (χ4v) is 2.00. The molecule has 1 atom stereocenters. The van der Waals surface area contributed by atoms with E-state index in [0.29, 0.717) is 6.54 Å². The van der Waals surface area contributed by atoms with Crippen molar-refractivity contribution in [3.63, 3.8) is 0 Å². The van der Waals surface area contributed by atoms with Crippen molar-refractivity contribution in [2.24, 2.45) is 0 Å². The average molecular weight is 212 g/mol. The van der Waals surface area contributed by atoms with Crippen LogP contribution in [0.25, 0.3) is 0 Å². The first-order valence-electron chi connectivity index (χ1n) is 5.46. The summed E-state index contributed by atoms with van der Waals surface area (Å²) in [7, 11) is 0. The first-order chi connectivity index (χ1) is 7.25. The summed E-state index contributed by atoms with van der Waals surface area (Å²) in [5.41, 5.74) is 0. The Kier molecular flexibility index (Phi) is 3.20. The van der Waals surface area contributed by atoms with E-state index in [9.17, 15) is 9.59 Å². The van der Waals surface area contributed by atoms with Crippen LogP contribution in [0, 0.1) is 0 Å². The number of ether oxygens (including phenoxy) is 1. The van der Waals surface area contributed by atoms with E-state index in [1.54, 1.807) is 4.90 Å². The largest absolute Gasteiger partial charge is 0.378 e. The van der Waals surface area contributed by atoms with Crippen LogP contribution in [0.4, 0.5) is 4.79 Å². The van der Waals surface area contributed by atoms with Gasteiger partial charge in [0.15, 0.2) is 0 Å². The summed E-state index contributed by atoms with van der Waals surface area (Å²) in [5, 5.41) is 2.26. The molecule has 3 amide bonds. The summed E-state index contributed by atoms with van der Waals surface area (Å²) in [6.45, 7) is 1.64. The molecule has 2 rings (SSSR count). The van der Waals surface area contributed by atoms with E-state index >= 15 is 0 Å². The minimum Gasteiger partial charge on any atom is -0.378 e. The van der Waals surface area contributed by atoms with Crippen molar-refractivity contribution in [3.05, 3.63) is 0 Å². The number of nitrogens with zero attached hydrogens (tertiary/aromatic N) is 1. The van der Waals surface area contributed by atoms with Crippen LogP contribution in [-0.4, -0.2) is 42.6 Å². The van der Waals surface area contributed by atoms with Gasteiger partial charge in [0.2, 0.25) is 5.91 Å². The average Bonchev–Trinajstić information content (AvgIpc) is 2.56. The van der Waals surface area contributed by atoms with Gasteiger partial charge < -0.3 is 9.64 Å². The van der Waals surface area contributed by atoms with Crippen molar-refractivity contribution in [2.75, 3.05) is 19.7 Å². The van der Waals surface area contributed by atoms with Crippen LogP contribution >= 0.6 is 0 Å². The molecule has 0 aromatic carbocycles. The molecule has 2 heterocycles. The molecule has 0 radical (unpaired) electrons. The smallest absolute Gasteiger partial charge is 0.324 e. The summed E-state index contributed by atoms with van der Waals surface area (Å²) in [4.78, 5) is 23.7. The molecule has 5 heteroatoms. The third kappa shape index (κ3) is 2.68. The number of carbonyl (C=O) groups excluding carboxylic acids is 2. The van der Waals surface area contributed by atoms with Crippen LogP contribution in [0.5, 0.6) is 0 Å². The highest BCUT2D eigenvalue weighted by atomic mass is 16.5. The van der Waals surface area contributed by atoms with Gasteiger partial charge in [-0.25, -0.2) is 4.79 Å². The molecule has 5 nitrogen and oxygen atoms in total. The van der Waals surface area contributed by atoms with Crippen molar-refractivity contribution >= 4 is 11.9 Å². The van der Waals surface area contributed by atoms with Crippen LogP contribution in [0.15, 0.2) is 0 Å². The van der Waals surface area contributed by atoms with Gasteiger partial charge in [-0.1, -0.05) is 0 Å². The van der Waals surface area contributed by atoms with Crippen LogP contribution in [0.1, 0.15) is 25.7 Å². The van der Waals surface area contributed by atoms with Crippen molar-refractivity contribution in [1.29, 1.82) is 0 Å². The van der Waals surface area contributed by atoms with Gasteiger partial charge in [0.05, 0.1) is 6.10 Å². The van der Waals surface area contributed by atoms with Gasteiger partial charge in [0.1, 0.15) is 6.54 Å². The third-order valence-electron chi connectivity index (χ3n) is 2.86. The molecule has 2 fully saturated rings. The Morgan fingerprint density at radius 3 is 2.87 bits per heavy atom. The Bertz CT molecular complexity index is 261. The molecule has 0 bridgehead atoms. The Morgan fingerprint density at radius 1 is 1.40 bits per heavy atom. The van der Waals surface area contributed by atoms with E-state index in [-0.39, 0.29) is 24.6 Å². The maximum absolute atomic E-state index is 11.2. The molecule has 2 saturated heterocycles. The van der Waals surface area contributed by atoms with Crippen molar-refractivity contribution < 1.29 is 14.3 Å². The number of nitrogens with one attached hydrogen (secondary N) is 1. The number of hydrogen-bond donors (Lipinski definition) is 1. The number of amides is 3. The van der Waals surface area contributed by atoms with Gasteiger partial charge in [-0.15, -0.1) is 0 Å². The normalized spacial score (nSPS) is 26.9. The van der Waals surface area contributed by atoms with Gasteiger partial charge >= 0.3 is 6.03 Å². The van der Waals surface area contributed by atoms with Gasteiger partial charge in [0.25, 0.3) is 0 Å². The van der Waals surface area contributed by atoms with E-state index < -0.39 is 0 Å². The molecule has 0 aromatic rings. The van der Waals surface area contributed by atoms with Crippen LogP contribution in [0.3, 0.4) is 0 Å². The van der Waals surface area contributed by atoms with Gasteiger partial charge in [-0.3, -0.25) is 10.1 Å². The molecule has 2 aliphatic rings. The highest BCUT2D eigenvalue weighted by Gasteiger charge is 2.27. The number of imide groups is 1. The lowest BCUT2D eigenvalue weighted by atomic mass is 10.1. The maximum atomic E-state index is 11.2. The minimum absolute atomic E-state index is 0.200. The predicted octanol–water partition coefficient (Wildman–Crippen LogP) is 0.497. The summed E-state index contributed by atoms with van der Waals surface area (Å²) in [5.74, 6) is -0.204. The topological polar surface area (TPSA) is 58.6 Å². The number of hydrogen-bond acceptors (Lipinski definition) is 3. The van der Waals surface area contributed by atoms with E-state index in [2.05, 4.69) is 5.32 Å². The molecular formula is C10H16N2O3. The van der Waals surface area contributed by atoms with Gasteiger partial charge in [-0.05, 0) is 25.7 Å². The highest BCUT2D eigenvalue weighted by Crippen LogP contribution is 2.16. The fourth-order valence-electron chi connectivity index (χ4n) is 2.00. The lowest BCUT2D eigenvalue weighted by Gasteiger charge is -2.24. The molecule has 0 aliphatic carbocycles. The Morgan fingerprint density at radius 2 is 2.27 bits per heavy atom. The van der Waals surface area contributed by atoms with Gasteiger partial charge in [-0.2, -0.15) is 0 Å². The Balaban J connectivity index is 1.73. The molecule has 0 aromatic heterocycles. The SMILES string of the molecule is O=C1CN(CCC2CCCCO2)C(=O)N1.